The van der Waals surface area contributed by atoms with Crippen LogP contribution in [0.15, 0.2) is 29.2 Å². The lowest BCUT2D eigenvalue weighted by atomic mass is 9.71. The Balaban J connectivity index is 1.98. The van der Waals surface area contributed by atoms with E-state index >= 15 is 0 Å². The second-order valence-corrected chi connectivity index (χ2v) is 7.46. The molecule has 0 saturated heterocycles. The first-order valence-corrected chi connectivity index (χ1v) is 7.96. The van der Waals surface area contributed by atoms with Crippen molar-refractivity contribution in [2.45, 2.75) is 40.0 Å². The zero-order valence-electron chi connectivity index (χ0n) is 13.3. The Labute approximate surface area is 129 Å². The number of rotatable bonds is 0. The van der Waals surface area contributed by atoms with Crippen molar-refractivity contribution >= 4 is 16.7 Å². The van der Waals surface area contributed by atoms with Crippen molar-refractivity contribution in [3.05, 3.63) is 46.0 Å². The predicted octanol–water partition coefficient (Wildman–Crippen LogP) is 3.33. The summed E-state index contributed by atoms with van der Waals surface area (Å²) >= 11 is 0. The van der Waals surface area contributed by atoms with Crippen molar-refractivity contribution in [2.75, 3.05) is 0 Å². The van der Waals surface area contributed by atoms with Gasteiger partial charge in [-0.3, -0.25) is 9.20 Å². The molecule has 1 unspecified atom stereocenters. The van der Waals surface area contributed by atoms with E-state index in [2.05, 4.69) is 30.7 Å². The molecule has 1 N–H and O–H groups in total. The minimum absolute atomic E-state index is 0.0488. The van der Waals surface area contributed by atoms with Gasteiger partial charge in [-0.05, 0) is 48.3 Å². The second kappa shape index (κ2) is 4.45. The van der Waals surface area contributed by atoms with Gasteiger partial charge in [-0.25, -0.2) is 4.98 Å². The molecule has 22 heavy (non-hydrogen) atoms. The smallest absolute Gasteiger partial charge is 0.267 e. The number of nitrogens with zero attached hydrogens (tertiary/aromatic N) is 2. The molecule has 0 bridgehead atoms. The van der Waals surface area contributed by atoms with E-state index in [9.17, 15) is 4.79 Å². The van der Waals surface area contributed by atoms with E-state index in [0.29, 0.717) is 11.6 Å². The molecule has 4 rings (SSSR count). The molecule has 114 valence electrons. The Kier molecular flexibility index (Phi) is 2.74. The standard InChI is InChI=1S/C18H21N3O/c1-18(2,3)11-7-8-13-12(10-11)15-16(19-13)20-14-6-4-5-9-21(14)17(15)22/h4-6,9,11,19H,7-8,10H2,1-3H3. The number of hydrogen-bond acceptors (Lipinski definition) is 2. The fourth-order valence-corrected chi connectivity index (χ4v) is 3.67. The van der Waals surface area contributed by atoms with Crippen LogP contribution in [0.2, 0.25) is 0 Å². The van der Waals surface area contributed by atoms with Crippen molar-refractivity contribution in [1.29, 1.82) is 0 Å². The Hall–Kier alpha value is -2.10. The van der Waals surface area contributed by atoms with Crippen molar-refractivity contribution in [3.63, 3.8) is 0 Å². The molecule has 0 aliphatic heterocycles. The van der Waals surface area contributed by atoms with Gasteiger partial charge in [0.05, 0.1) is 5.39 Å². The highest BCUT2D eigenvalue weighted by molar-refractivity contribution is 5.82. The number of aromatic amines is 1. The lowest BCUT2D eigenvalue weighted by molar-refractivity contribution is 0.216. The number of pyridine rings is 1. The fraction of sp³-hybridized carbons (Fsp3) is 0.444. The predicted molar refractivity (Wildman–Crippen MR) is 88.3 cm³/mol. The molecule has 4 nitrogen and oxygen atoms in total. The molecular formula is C18H21N3O. The summed E-state index contributed by atoms with van der Waals surface area (Å²) in [6.07, 6.45) is 4.94. The molecule has 0 spiro atoms. The highest BCUT2D eigenvalue weighted by Gasteiger charge is 2.31. The summed E-state index contributed by atoms with van der Waals surface area (Å²) in [7, 11) is 0. The largest absolute Gasteiger partial charge is 0.343 e. The molecule has 0 saturated carbocycles. The summed E-state index contributed by atoms with van der Waals surface area (Å²) < 4.78 is 1.65. The van der Waals surface area contributed by atoms with Crippen LogP contribution in [0.3, 0.4) is 0 Å². The first-order valence-electron chi connectivity index (χ1n) is 7.96. The zero-order chi connectivity index (χ0) is 15.5. The summed E-state index contributed by atoms with van der Waals surface area (Å²) in [4.78, 5) is 20.9. The summed E-state index contributed by atoms with van der Waals surface area (Å²) in [5.74, 6) is 0.606. The van der Waals surface area contributed by atoms with Crippen molar-refractivity contribution in [3.8, 4) is 0 Å². The second-order valence-electron chi connectivity index (χ2n) is 7.46. The van der Waals surface area contributed by atoms with Crippen LogP contribution in [0, 0.1) is 11.3 Å². The lowest BCUT2D eigenvalue weighted by Gasteiger charge is -2.33. The van der Waals surface area contributed by atoms with Crippen LogP contribution in [-0.2, 0) is 12.8 Å². The minimum Gasteiger partial charge on any atom is -0.343 e. The monoisotopic (exact) mass is 295 g/mol. The van der Waals surface area contributed by atoms with Crippen LogP contribution in [-0.4, -0.2) is 14.4 Å². The van der Waals surface area contributed by atoms with E-state index in [1.165, 1.54) is 17.7 Å². The lowest BCUT2D eigenvalue weighted by Crippen LogP contribution is -2.27. The van der Waals surface area contributed by atoms with Crippen LogP contribution in [0.4, 0.5) is 0 Å². The van der Waals surface area contributed by atoms with E-state index < -0.39 is 0 Å². The van der Waals surface area contributed by atoms with Crippen molar-refractivity contribution in [2.24, 2.45) is 11.3 Å². The summed E-state index contributed by atoms with van der Waals surface area (Å²) in [6, 6.07) is 5.66. The molecule has 3 aromatic rings. The molecule has 0 fully saturated rings. The Bertz CT molecular complexity index is 927. The first kappa shape index (κ1) is 13.6. The third kappa shape index (κ3) is 1.90. The van der Waals surface area contributed by atoms with Crippen molar-refractivity contribution < 1.29 is 0 Å². The maximum atomic E-state index is 12.9. The maximum absolute atomic E-state index is 12.9. The first-order chi connectivity index (χ1) is 10.4. The highest BCUT2D eigenvalue weighted by atomic mass is 16.1. The van der Waals surface area contributed by atoms with E-state index in [-0.39, 0.29) is 11.0 Å². The van der Waals surface area contributed by atoms with Crippen LogP contribution in [0.5, 0.6) is 0 Å². The van der Waals surface area contributed by atoms with E-state index in [1.54, 1.807) is 10.6 Å². The number of fused-ring (bicyclic) bond motifs is 4. The highest BCUT2D eigenvalue weighted by Crippen LogP contribution is 2.38. The topological polar surface area (TPSA) is 50.2 Å². The molecule has 1 aliphatic carbocycles. The van der Waals surface area contributed by atoms with Gasteiger partial charge in [-0.15, -0.1) is 0 Å². The summed E-state index contributed by atoms with van der Waals surface area (Å²) in [5.41, 5.74) is 4.16. The number of H-pyrrole nitrogens is 1. The molecule has 0 radical (unpaired) electrons. The van der Waals surface area contributed by atoms with Gasteiger partial charge in [-0.1, -0.05) is 26.8 Å². The molecular weight excluding hydrogens is 274 g/mol. The van der Waals surface area contributed by atoms with Crippen molar-refractivity contribution in [1.82, 2.24) is 14.4 Å². The van der Waals surface area contributed by atoms with E-state index in [1.807, 2.05) is 18.2 Å². The van der Waals surface area contributed by atoms with Crippen LogP contribution >= 0.6 is 0 Å². The molecule has 3 heterocycles. The number of nitrogens with one attached hydrogen (secondary N) is 1. The summed E-state index contributed by atoms with van der Waals surface area (Å²) in [6.45, 7) is 6.87. The van der Waals surface area contributed by atoms with Crippen LogP contribution in [0.25, 0.3) is 16.7 Å². The third-order valence-electron chi connectivity index (χ3n) is 5.09. The average molecular weight is 295 g/mol. The minimum atomic E-state index is 0.0488. The fourth-order valence-electron chi connectivity index (χ4n) is 3.67. The normalized spacial score (nSPS) is 18.8. The van der Waals surface area contributed by atoms with E-state index in [0.717, 1.165) is 23.9 Å². The molecule has 1 atom stereocenters. The Morgan fingerprint density at radius 1 is 1.32 bits per heavy atom. The number of hydrogen-bond donors (Lipinski definition) is 1. The molecule has 0 amide bonds. The van der Waals surface area contributed by atoms with Crippen LogP contribution in [0.1, 0.15) is 38.4 Å². The SMILES string of the molecule is CC(C)(C)C1CCc2[nH]c3nc4ccccn4c(=O)c3c2C1. The van der Waals surface area contributed by atoms with Gasteiger partial charge in [0.25, 0.3) is 5.56 Å². The van der Waals surface area contributed by atoms with Gasteiger partial charge >= 0.3 is 0 Å². The molecule has 3 aromatic heterocycles. The Morgan fingerprint density at radius 3 is 2.91 bits per heavy atom. The molecule has 0 aromatic carbocycles. The molecule has 4 heteroatoms. The molecule has 1 aliphatic rings. The average Bonchev–Trinajstić information content (AvgIpc) is 2.84. The number of aryl methyl sites for hydroxylation is 1. The van der Waals surface area contributed by atoms with Gasteiger partial charge < -0.3 is 4.98 Å². The quantitative estimate of drug-likeness (QED) is 0.691. The van der Waals surface area contributed by atoms with Gasteiger partial charge in [0.15, 0.2) is 0 Å². The summed E-state index contributed by atoms with van der Waals surface area (Å²) in [5, 5.41) is 0.785. The number of aromatic nitrogens is 3. The van der Waals surface area contributed by atoms with E-state index in [4.69, 9.17) is 0 Å². The van der Waals surface area contributed by atoms with Gasteiger partial charge in [-0.2, -0.15) is 0 Å². The van der Waals surface area contributed by atoms with Crippen LogP contribution < -0.4 is 5.56 Å². The zero-order valence-corrected chi connectivity index (χ0v) is 13.3. The Morgan fingerprint density at radius 2 is 2.14 bits per heavy atom. The van der Waals surface area contributed by atoms with Gasteiger partial charge in [0, 0.05) is 11.9 Å². The van der Waals surface area contributed by atoms with Gasteiger partial charge in [0.1, 0.15) is 11.3 Å². The van der Waals surface area contributed by atoms with Gasteiger partial charge in [0.2, 0.25) is 0 Å². The third-order valence-corrected chi connectivity index (χ3v) is 5.09. The maximum Gasteiger partial charge on any atom is 0.267 e.